The summed E-state index contributed by atoms with van der Waals surface area (Å²) in [5, 5.41) is 0. The lowest BCUT2D eigenvalue weighted by Gasteiger charge is -2.23. The number of carbonyl (C=O) groups excluding carboxylic acids is 1. The highest BCUT2D eigenvalue weighted by molar-refractivity contribution is 7.91. The average Bonchev–Trinajstić information content (AvgIpc) is 2.77. The number of sulfone groups is 1. The van der Waals surface area contributed by atoms with E-state index in [2.05, 4.69) is 0 Å². The Balaban J connectivity index is 1.87. The van der Waals surface area contributed by atoms with Crippen molar-refractivity contribution in [3.05, 3.63) is 35.6 Å². The summed E-state index contributed by atoms with van der Waals surface area (Å²) in [5.41, 5.74) is 0.896. The van der Waals surface area contributed by atoms with Crippen molar-refractivity contribution < 1.29 is 17.6 Å². The normalized spacial score (nSPS) is 20.8. The second kappa shape index (κ2) is 5.91. The van der Waals surface area contributed by atoms with Crippen LogP contribution in [0.1, 0.15) is 18.4 Å². The van der Waals surface area contributed by atoms with Crippen molar-refractivity contribution in [3.63, 3.8) is 0 Å². The molecular weight excluding hydrogens is 281 g/mol. The number of benzene rings is 1. The topological polar surface area (TPSA) is 54.5 Å². The number of aryl methyl sites for hydroxylation is 1. The quantitative estimate of drug-likeness (QED) is 0.844. The molecule has 0 saturated carbocycles. The number of halogens is 1. The zero-order valence-electron chi connectivity index (χ0n) is 11.4. The molecule has 1 heterocycles. The molecule has 1 unspecified atom stereocenters. The van der Waals surface area contributed by atoms with E-state index in [1.807, 2.05) is 0 Å². The van der Waals surface area contributed by atoms with Crippen molar-refractivity contribution in [1.29, 1.82) is 0 Å². The SMILES string of the molecule is CN(C(=O)CCc1ccc(F)cc1)C1CCS(=O)(=O)C1. The summed E-state index contributed by atoms with van der Waals surface area (Å²) in [6.45, 7) is 0. The van der Waals surface area contributed by atoms with E-state index >= 15 is 0 Å². The predicted octanol–water partition coefficient (Wildman–Crippen LogP) is 1.40. The van der Waals surface area contributed by atoms with Gasteiger partial charge in [-0.3, -0.25) is 4.79 Å². The highest BCUT2D eigenvalue weighted by Crippen LogP contribution is 2.17. The first-order valence-electron chi connectivity index (χ1n) is 6.58. The van der Waals surface area contributed by atoms with Crippen LogP contribution in [0.25, 0.3) is 0 Å². The van der Waals surface area contributed by atoms with Crippen molar-refractivity contribution in [3.8, 4) is 0 Å². The highest BCUT2D eigenvalue weighted by Gasteiger charge is 2.32. The number of rotatable bonds is 4. The van der Waals surface area contributed by atoms with Gasteiger partial charge in [-0.05, 0) is 30.5 Å². The Bertz CT molecular complexity index is 583. The third-order valence-electron chi connectivity index (χ3n) is 3.69. The minimum absolute atomic E-state index is 0.0613. The van der Waals surface area contributed by atoms with Gasteiger partial charge in [-0.25, -0.2) is 12.8 Å². The molecule has 6 heteroatoms. The van der Waals surface area contributed by atoms with E-state index in [0.29, 0.717) is 19.3 Å². The van der Waals surface area contributed by atoms with E-state index in [0.717, 1.165) is 5.56 Å². The van der Waals surface area contributed by atoms with Gasteiger partial charge in [0, 0.05) is 19.5 Å². The van der Waals surface area contributed by atoms with Crippen molar-refractivity contribution in [2.24, 2.45) is 0 Å². The first kappa shape index (κ1) is 15.0. The van der Waals surface area contributed by atoms with Crippen LogP contribution in [0.15, 0.2) is 24.3 Å². The van der Waals surface area contributed by atoms with E-state index in [9.17, 15) is 17.6 Å². The smallest absolute Gasteiger partial charge is 0.222 e. The fourth-order valence-corrected chi connectivity index (χ4v) is 4.14. The molecule has 1 aliphatic rings. The van der Waals surface area contributed by atoms with Crippen molar-refractivity contribution in [1.82, 2.24) is 4.90 Å². The third kappa shape index (κ3) is 3.79. The number of nitrogens with zero attached hydrogens (tertiary/aromatic N) is 1. The Kier molecular flexibility index (Phi) is 4.42. The molecule has 20 heavy (non-hydrogen) atoms. The van der Waals surface area contributed by atoms with Gasteiger partial charge >= 0.3 is 0 Å². The van der Waals surface area contributed by atoms with Crippen LogP contribution in [-0.2, 0) is 21.1 Å². The summed E-state index contributed by atoms with van der Waals surface area (Å²) in [6, 6.07) is 5.84. The molecule has 0 spiro atoms. The fraction of sp³-hybridized carbons (Fsp3) is 0.500. The Hall–Kier alpha value is -1.43. The first-order chi connectivity index (χ1) is 9.37. The van der Waals surface area contributed by atoms with Crippen molar-refractivity contribution in [2.45, 2.75) is 25.3 Å². The van der Waals surface area contributed by atoms with Crippen LogP contribution in [0.3, 0.4) is 0 Å². The maximum Gasteiger partial charge on any atom is 0.222 e. The minimum Gasteiger partial charge on any atom is -0.342 e. The van der Waals surface area contributed by atoms with Gasteiger partial charge in [0.1, 0.15) is 5.82 Å². The number of amides is 1. The lowest BCUT2D eigenvalue weighted by atomic mass is 10.1. The molecule has 0 aromatic heterocycles. The molecule has 110 valence electrons. The molecular formula is C14H18FNO3S. The van der Waals surface area contributed by atoms with Crippen LogP contribution < -0.4 is 0 Å². The molecule has 1 fully saturated rings. The van der Waals surface area contributed by atoms with Gasteiger partial charge in [0.25, 0.3) is 0 Å². The molecule has 0 bridgehead atoms. The van der Waals surface area contributed by atoms with Gasteiger partial charge in [0.2, 0.25) is 5.91 Å². The molecule has 0 aliphatic carbocycles. The molecule has 0 N–H and O–H groups in total. The van der Waals surface area contributed by atoms with Gasteiger partial charge in [0.15, 0.2) is 9.84 Å². The molecule has 1 aromatic carbocycles. The number of hydrogen-bond donors (Lipinski definition) is 0. The van der Waals surface area contributed by atoms with Crippen molar-refractivity contribution >= 4 is 15.7 Å². The highest BCUT2D eigenvalue weighted by atomic mass is 32.2. The minimum atomic E-state index is -2.98. The summed E-state index contributed by atoms with van der Waals surface area (Å²) < 4.78 is 35.6. The van der Waals surface area contributed by atoms with Crippen LogP contribution in [0, 0.1) is 5.82 Å². The second-order valence-corrected chi connectivity index (χ2v) is 7.42. The zero-order valence-corrected chi connectivity index (χ0v) is 12.2. The van der Waals surface area contributed by atoms with E-state index in [1.165, 1.54) is 17.0 Å². The monoisotopic (exact) mass is 299 g/mol. The van der Waals surface area contributed by atoms with E-state index in [1.54, 1.807) is 19.2 Å². The van der Waals surface area contributed by atoms with Crippen LogP contribution in [-0.4, -0.2) is 43.8 Å². The summed E-state index contributed by atoms with van der Waals surface area (Å²) >= 11 is 0. The Morgan fingerprint density at radius 3 is 2.55 bits per heavy atom. The largest absolute Gasteiger partial charge is 0.342 e. The van der Waals surface area contributed by atoms with E-state index < -0.39 is 9.84 Å². The average molecular weight is 299 g/mol. The Morgan fingerprint density at radius 2 is 2.00 bits per heavy atom. The van der Waals surface area contributed by atoms with Gasteiger partial charge in [-0.1, -0.05) is 12.1 Å². The molecule has 1 amide bonds. The molecule has 2 rings (SSSR count). The zero-order chi connectivity index (χ0) is 14.8. The summed E-state index contributed by atoms with van der Waals surface area (Å²) in [6.07, 6.45) is 1.35. The summed E-state index contributed by atoms with van der Waals surface area (Å²) in [7, 11) is -1.33. The predicted molar refractivity (Wildman–Crippen MR) is 74.5 cm³/mol. The molecule has 1 saturated heterocycles. The number of carbonyl (C=O) groups is 1. The van der Waals surface area contributed by atoms with Crippen LogP contribution >= 0.6 is 0 Å². The van der Waals surface area contributed by atoms with Gasteiger partial charge in [-0.15, -0.1) is 0 Å². The van der Waals surface area contributed by atoms with E-state index in [4.69, 9.17) is 0 Å². The number of hydrogen-bond acceptors (Lipinski definition) is 3. The maximum absolute atomic E-state index is 12.8. The molecule has 1 aromatic rings. The van der Waals surface area contributed by atoms with Crippen LogP contribution in [0.4, 0.5) is 4.39 Å². The van der Waals surface area contributed by atoms with Crippen molar-refractivity contribution in [2.75, 3.05) is 18.6 Å². The third-order valence-corrected chi connectivity index (χ3v) is 5.44. The van der Waals surface area contributed by atoms with Gasteiger partial charge in [0.05, 0.1) is 11.5 Å². The lowest BCUT2D eigenvalue weighted by molar-refractivity contribution is -0.131. The van der Waals surface area contributed by atoms with Crippen LogP contribution in [0.2, 0.25) is 0 Å². The standard InChI is InChI=1S/C14H18FNO3S/c1-16(13-8-9-20(18,19)10-13)14(17)7-4-11-2-5-12(15)6-3-11/h2-3,5-6,13H,4,7-10H2,1H3. The van der Waals surface area contributed by atoms with Gasteiger partial charge in [-0.2, -0.15) is 0 Å². The fourth-order valence-electron chi connectivity index (χ4n) is 2.36. The Morgan fingerprint density at radius 1 is 1.35 bits per heavy atom. The lowest BCUT2D eigenvalue weighted by Crippen LogP contribution is -2.37. The second-order valence-electron chi connectivity index (χ2n) is 5.19. The molecule has 0 radical (unpaired) electrons. The summed E-state index contributed by atoms with van der Waals surface area (Å²) in [5.74, 6) is -0.149. The van der Waals surface area contributed by atoms with Crippen LogP contribution in [0.5, 0.6) is 0 Å². The molecule has 4 nitrogen and oxygen atoms in total. The molecule has 1 aliphatic heterocycles. The Labute approximate surface area is 118 Å². The first-order valence-corrected chi connectivity index (χ1v) is 8.40. The molecule has 1 atom stereocenters. The summed E-state index contributed by atoms with van der Waals surface area (Å²) in [4.78, 5) is 13.6. The van der Waals surface area contributed by atoms with Gasteiger partial charge < -0.3 is 4.90 Å². The van der Waals surface area contributed by atoms with E-state index in [-0.39, 0.29) is 29.3 Å². The maximum atomic E-state index is 12.8.